The molecule has 0 bridgehead atoms. The molecule has 0 aromatic rings. The van der Waals surface area contributed by atoms with E-state index in [2.05, 4.69) is 6.58 Å². The Morgan fingerprint density at radius 2 is 2.00 bits per heavy atom. The number of hydrogen-bond acceptors (Lipinski definition) is 2. The summed E-state index contributed by atoms with van der Waals surface area (Å²) in [4.78, 5) is 12.2. The second kappa shape index (κ2) is 5.47. The van der Waals surface area contributed by atoms with E-state index >= 15 is 0 Å². The Morgan fingerprint density at radius 3 is 2.42 bits per heavy atom. The van der Waals surface area contributed by atoms with Crippen molar-refractivity contribution in [1.82, 2.24) is 0 Å². The number of hydrogen-bond donors (Lipinski definition) is 1. The van der Waals surface area contributed by atoms with Gasteiger partial charge in [0.05, 0.1) is 5.57 Å². The Morgan fingerprint density at radius 1 is 1.42 bits per heavy atom. The third kappa shape index (κ3) is 2.97. The monoisotopic (exact) mass is 271 g/mol. The van der Waals surface area contributed by atoms with Gasteiger partial charge in [-0.1, -0.05) is 26.5 Å². The number of allylic oxidation sites excluding steroid dienone is 6. The van der Waals surface area contributed by atoms with Crippen LogP contribution >= 0.6 is 0 Å². The molecule has 0 aliphatic heterocycles. The topological polar surface area (TPSA) is 43.1 Å². The molecule has 0 radical (unpaired) electrons. The second-order valence-electron chi connectivity index (χ2n) is 4.20. The molecule has 0 saturated heterocycles. The Balaban J connectivity index is 3.49. The summed E-state index contributed by atoms with van der Waals surface area (Å²) in [5.74, 6) is -0.693. The molecule has 104 valence electrons. The van der Waals surface area contributed by atoms with E-state index in [0.717, 1.165) is 6.08 Å². The molecule has 2 nitrogen and oxygen atoms in total. The predicted octanol–water partition coefficient (Wildman–Crippen LogP) is 3.57. The first kappa shape index (κ1) is 15.3. The molecule has 2 N–H and O–H groups in total. The van der Waals surface area contributed by atoms with E-state index in [-0.39, 0.29) is 16.8 Å². The van der Waals surface area contributed by atoms with Gasteiger partial charge in [-0.3, -0.25) is 4.79 Å². The van der Waals surface area contributed by atoms with E-state index in [0.29, 0.717) is 18.4 Å². The largest absolute Gasteiger partial charge is 0.417 e. The van der Waals surface area contributed by atoms with Crippen LogP contribution in [0.25, 0.3) is 0 Å². The second-order valence-corrected chi connectivity index (χ2v) is 4.20. The molecule has 1 rings (SSSR count). The number of ketones is 1. The van der Waals surface area contributed by atoms with Gasteiger partial charge in [0.2, 0.25) is 0 Å². The van der Waals surface area contributed by atoms with Gasteiger partial charge in [-0.25, -0.2) is 0 Å². The standard InChI is InChI=1S/C14H16F3NO/c1-4-6-9-10(14(15,16)17)7-11(18)12(13(9)19)8(3)5-2/h6-7H,3-5,18H2,1-2H3/b9-6+. The van der Waals surface area contributed by atoms with Crippen LogP contribution in [0.2, 0.25) is 0 Å². The van der Waals surface area contributed by atoms with Crippen molar-refractivity contribution in [3.63, 3.8) is 0 Å². The number of nitrogens with two attached hydrogens (primary N) is 1. The maximum absolute atomic E-state index is 12.9. The highest BCUT2D eigenvalue weighted by atomic mass is 19.4. The van der Waals surface area contributed by atoms with Crippen molar-refractivity contribution in [2.24, 2.45) is 5.73 Å². The lowest BCUT2D eigenvalue weighted by atomic mass is 9.85. The van der Waals surface area contributed by atoms with Gasteiger partial charge in [-0.05, 0) is 24.5 Å². The summed E-state index contributed by atoms with van der Waals surface area (Å²) < 4.78 is 38.7. The normalized spacial score (nSPS) is 18.9. The Kier molecular flexibility index (Phi) is 4.39. The first-order chi connectivity index (χ1) is 8.73. The third-order valence-corrected chi connectivity index (χ3v) is 2.84. The summed E-state index contributed by atoms with van der Waals surface area (Å²) in [5.41, 5.74) is 4.63. The van der Waals surface area contributed by atoms with Crippen molar-refractivity contribution < 1.29 is 18.0 Å². The zero-order valence-corrected chi connectivity index (χ0v) is 10.9. The van der Waals surface area contributed by atoms with Crippen molar-refractivity contribution in [1.29, 1.82) is 0 Å². The maximum Gasteiger partial charge on any atom is 0.417 e. The molecule has 0 aromatic carbocycles. The first-order valence-electron chi connectivity index (χ1n) is 5.96. The van der Waals surface area contributed by atoms with E-state index in [1.807, 2.05) is 0 Å². The maximum atomic E-state index is 12.9. The molecule has 0 amide bonds. The summed E-state index contributed by atoms with van der Waals surface area (Å²) in [5, 5.41) is 0. The molecule has 0 heterocycles. The summed E-state index contributed by atoms with van der Waals surface area (Å²) in [6, 6.07) is 0. The molecule has 0 spiro atoms. The van der Waals surface area contributed by atoms with Crippen molar-refractivity contribution in [3.8, 4) is 0 Å². The molecule has 0 aromatic heterocycles. The summed E-state index contributed by atoms with van der Waals surface area (Å²) in [7, 11) is 0. The summed E-state index contributed by atoms with van der Waals surface area (Å²) >= 11 is 0. The fourth-order valence-electron chi connectivity index (χ4n) is 1.88. The molecule has 1 aliphatic rings. The van der Waals surface area contributed by atoms with E-state index in [4.69, 9.17) is 5.73 Å². The zero-order valence-electron chi connectivity index (χ0n) is 10.9. The SMILES string of the molecule is C=C(CC)C1=C(N)C=C(C(F)(F)F)/C(=C\CC)C1=O. The number of alkyl halides is 3. The molecule has 0 atom stereocenters. The lowest BCUT2D eigenvalue weighted by Gasteiger charge is -2.22. The van der Waals surface area contributed by atoms with Crippen molar-refractivity contribution in [3.05, 3.63) is 46.7 Å². The first-order valence-corrected chi connectivity index (χ1v) is 5.96. The van der Waals surface area contributed by atoms with Crippen molar-refractivity contribution in [2.45, 2.75) is 32.9 Å². The molecule has 19 heavy (non-hydrogen) atoms. The number of carbonyl (C=O) groups is 1. The average Bonchev–Trinajstić information content (AvgIpc) is 2.30. The molecule has 1 aliphatic carbocycles. The van der Waals surface area contributed by atoms with Crippen LogP contribution in [0.15, 0.2) is 46.7 Å². The van der Waals surface area contributed by atoms with Gasteiger partial charge < -0.3 is 5.73 Å². The van der Waals surface area contributed by atoms with E-state index in [1.165, 1.54) is 6.08 Å². The van der Waals surface area contributed by atoms with Gasteiger partial charge in [-0.2, -0.15) is 13.2 Å². The highest BCUT2D eigenvalue weighted by molar-refractivity contribution is 6.16. The van der Waals surface area contributed by atoms with Gasteiger partial charge in [0.25, 0.3) is 0 Å². The molecule has 0 saturated carbocycles. The van der Waals surface area contributed by atoms with Gasteiger partial charge in [0.1, 0.15) is 0 Å². The van der Waals surface area contributed by atoms with Crippen molar-refractivity contribution in [2.75, 3.05) is 0 Å². The molecule has 0 fully saturated rings. The van der Waals surface area contributed by atoms with Crippen LogP contribution in [0.5, 0.6) is 0 Å². The number of rotatable bonds is 3. The number of halogens is 3. The van der Waals surface area contributed by atoms with Crippen LogP contribution in [0.3, 0.4) is 0 Å². The Bertz CT molecular complexity index is 507. The highest BCUT2D eigenvalue weighted by Gasteiger charge is 2.41. The minimum Gasteiger partial charge on any atom is -0.398 e. The van der Waals surface area contributed by atoms with Crippen LogP contribution in [0.4, 0.5) is 13.2 Å². The minimum atomic E-state index is -4.60. The fraction of sp³-hybridized carbons (Fsp3) is 0.357. The van der Waals surface area contributed by atoms with Crippen LogP contribution in [0.1, 0.15) is 26.7 Å². The Hall–Kier alpha value is -1.78. The van der Waals surface area contributed by atoms with Crippen molar-refractivity contribution >= 4 is 5.78 Å². The van der Waals surface area contributed by atoms with Gasteiger partial charge >= 0.3 is 6.18 Å². The highest BCUT2D eigenvalue weighted by Crippen LogP contribution is 2.38. The van der Waals surface area contributed by atoms with Gasteiger partial charge in [-0.15, -0.1) is 0 Å². The van der Waals surface area contributed by atoms with E-state index in [1.54, 1.807) is 13.8 Å². The summed E-state index contributed by atoms with van der Waals surface area (Å²) in [6.45, 7) is 7.12. The fourth-order valence-corrected chi connectivity index (χ4v) is 1.88. The van der Waals surface area contributed by atoms with E-state index in [9.17, 15) is 18.0 Å². The van der Waals surface area contributed by atoms with Gasteiger partial charge in [0.15, 0.2) is 5.78 Å². The van der Waals surface area contributed by atoms with Crippen LogP contribution in [-0.4, -0.2) is 12.0 Å². The molecular formula is C14H16F3NO. The predicted molar refractivity (Wildman–Crippen MR) is 68.2 cm³/mol. The number of carbonyl (C=O) groups excluding carboxylic acids is 1. The molecule has 5 heteroatoms. The minimum absolute atomic E-state index is 0.0928. The molecule has 0 unspecified atom stereocenters. The lowest BCUT2D eigenvalue weighted by molar-refractivity contribution is -0.115. The van der Waals surface area contributed by atoms with Crippen LogP contribution in [-0.2, 0) is 4.79 Å². The zero-order chi connectivity index (χ0) is 14.8. The third-order valence-electron chi connectivity index (χ3n) is 2.84. The van der Waals surface area contributed by atoms with Crippen LogP contribution in [0, 0.1) is 0 Å². The van der Waals surface area contributed by atoms with Crippen LogP contribution < -0.4 is 5.73 Å². The number of Topliss-reactive ketones (excluding diaryl/α,β-unsaturated/α-hetero) is 1. The molecular weight excluding hydrogens is 255 g/mol. The van der Waals surface area contributed by atoms with E-state index < -0.39 is 17.5 Å². The van der Waals surface area contributed by atoms with Gasteiger partial charge in [0, 0.05) is 16.8 Å². The lowest BCUT2D eigenvalue weighted by Crippen LogP contribution is -2.26. The Labute approximate surface area is 110 Å². The average molecular weight is 271 g/mol. The smallest absolute Gasteiger partial charge is 0.398 e. The quantitative estimate of drug-likeness (QED) is 0.797. The summed E-state index contributed by atoms with van der Waals surface area (Å²) in [6.07, 6.45) is -1.72.